The number of thioether (sulfide) groups is 1. The molecule has 1 saturated carbocycles. The van der Waals surface area contributed by atoms with Crippen LogP contribution in [-0.4, -0.2) is 17.3 Å². The Kier molecular flexibility index (Phi) is 5.11. The monoisotopic (exact) mass is 268 g/mol. The summed E-state index contributed by atoms with van der Waals surface area (Å²) >= 11 is 3.49. The summed E-state index contributed by atoms with van der Waals surface area (Å²) in [7, 11) is 0. The highest BCUT2D eigenvalue weighted by molar-refractivity contribution is 8.00. The quantitative estimate of drug-likeness (QED) is 0.711. The molecule has 1 aromatic rings. The molecular formula is C14H20OS2. The summed E-state index contributed by atoms with van der Waals surface area (Å²) in [5, 5.41) is 0. The molecular weight excluding hydrogens is 248 g/mol. The molecule has 17 heavy (non-hydrogen) atoms. The molecule has 1 aliphatic rings. The van der Waals surface area contributed by atoms with Crippen LogP contribution in [0.4, 0.5) is 0 Å². The minimum absolute atomic E-state index is 0.317. The third-order valence-electron chi connectivity index (χ3n) is 3.35. The molecule has 0 spiro atoms. The lowest BCUT2D eigenvalue weighted by Crippen LogP contribution is -2.04. The number of hydrogen-bond donors (Lipinski definition) is 0. The van der Waals surface area contributed by atoms with Gasteiger partial charge in [-0.1, -0.05) is 19.8 Å². The van der Waals surface area contributed by atoms with Crippen LogP contribution in [0.1, 0.15) is 47.2 Å². The SMILES string of the molecule is CCc1ccc(C(=O)CSCC2CCCC2)s1. The number of ketones is 1. The molecule has 0 amide bonds. The third-order valence-corrected chi connectivity index (χ3v) is 5.79. The first-order chi connectivity index (χ1) is 8.29. The van der Waals surface area contributed by atoms with Gasteiger partial charge in [-0.15, -0.1) is 11.3 Å². The maximum Gasteiger partial charge on any atom is 0.182 e. The molecule has 1 aliphatic carbocycles. The summed E-state index contributed by atoms with van der Waals surface area (Å²) in [6, 6.07) is 4.07. The second-order valence-corrected chi connectivity index (χ2v) is 6.91. The highest BCUT2D eigenvalue weighted by Gasteiger charge is 2.16. The highest BCUT2D eigenvalue weighted by atomic mass is 32.2. The molecule has 1 heterocycles. The van der Waals surface area contributed by atoms with E-state index in [1.54, 1.807) is 11.3 Å². The van der Waals surface area contributed by atoms with E-state index in [9.17, 15) is 4.79 Å². The van der Waals surface area contributed by atoms with Crippen LogP contribution < -0.4 is 0 Å². The van der Waals surface area contributed by atoms with Crippen molar-refractivity contribution >= 4 is 28.9 Å². The molecule has 1 aromatic heterocycles. The van der Waals surface area contributed by atoms with E-state index in [0.29, 0.717) is 11.5 Å². The summed E-state index contributed by atoms with van der Waals surface area (Å²) in [5.74, 6) is 3.04. The van der Waals surface area contributed by atoms with E-state index in [1.165, 1.54) is 36.3 Å². The van der Waals surface area contributed by atoms with Gasteiger partial charge >= 0.3 is 0 Å². The van der Waals surface area contributed by atoms with Crippen LogP contribution in [0, 0.1) is 5.92 Å². The molecule has 0 bridgehead atoms. The zero-order valence-electron chi connectivity index (χ0n) is 10.4. The van der Waals surface area contributed by atoms with Crippen molar-refractivity contribution in [1.82, 2.24) is 0 Å². The second-order valence-electron chi connectivity index (χ2n) is 4.71. The number of carbonyl (C=O) groups is 1. The van der Waals surface area contributed by atoms with E-state index < -0.39 is 0 Å². The second kappa shape index (κ2) is 6.60. The standard InChI is InChI=1S/C14H20OS2/c1-2-12-7-8-14(17-12)13(15)10-16-9-11-5-3-4-6-11/h7-8,11H,2-6,9-10H2,1H3. The van der Waals surface area contributed by atoms with Gasteiger partial charge in [0.1, 0.15) is 0 Å². The minimum atomic E-state index is 0.317. The van der Waals surface area contributed by atoms with Crippen molar-refractivity contribution in [2.75, 3.05) is 11.5 Å². The maximum atomic E-state index is 11.9. The van der Waals surface area contributed by atoms with Gasteiger partial charge in [-0.05, 0) is 43.1 Å². The van der Waals surface area contributed by atoms with Crippen LogP contribution in [-0.2, 0) is 6.42 Å². The van der Waals surface area contributed by atoms with Gasteiger partial charge in [-0.3, -0.25) is 4.79 Å². The molecule has 1 nitrogen and oxygen atoms in total. The first-order valence-electron chi connectivity index (χ1n) is 6.49. The van der Waals surface area contributed by atoms with E-state index in [0.717, 1.165) is 17.2 Å². The predicted molar refractivity (Wildman–Crippen MR) is 77.3 cm³/mol. The molecule has 0 saturated heterocycles. The van der Waals surface area contributed by atoms with Crippen LogP contribution in [0.5, 0.6) is 0 Å². The fourth-order valence-electron chi connectivity index (χ4n) is 2.28. The average molecular weight is 268 g/mol. The van der Waals surface area contributed by atoms with Gasteiger partial charge in [0, 0.05) is 4.88 Å². The number of thiophene rings is 1. The molecule has 0 radical (unpaired) electrons. The number of carbonyl (C=O) groups excluding carboxylic acids is 1. The Bertz CT molecular complexity index is 364. The molecule has 3 heteroatoms. The van der Waals surface area contributed by atoms with Crippen molar-refractivity contribution in [2.24, 2.45) is 5.92 Å². The molecule has 0 atom stereocenters. The van der Waals surface area contributed by atoms with E-state index in [2.05, 4.69) is 13.0 Å². The topological polar surface area (TPSA) is 17.1 Å². The van der Waals surface area contributed by atoms with Crippen molar-refractivity contribution < 1.29 is 4.79 Å². The van der Waals surface area contributed by atoms with Crippen LogP contribution in [0.15, 0.2) is 12.1 Å². The van der Waals surface area contributed by atoms with Crippen LogP contribution in [0.3, 0.4) is 0 Å². The van der Waals surface area contributed by atoms with Crippen LogP contribution >= 0.6 is 23.1 Å². The average Bonchev–Trinajstić information content (AvgIpc) is 2.99. The van der Waals surface area contributed by atoms with Crippen LogP contribution in [0.25, 0.3) is 0 Å². The van der Waals surface area contributed by atoms with Crippen molar-refractivity contribution in [1.29, 1.82) is 0 Å². The fraction of sp³-hybridized carbons (Fsp3) is 0.643. The fourth-order valence-corrected chi connectivity index (χ4v) is 4.39. The van der Waals surface area contributed by atoms with Gasteiger partial charge in [0.2, 0.25) is 0 Å². The van der Waals surface area contributed by atoms with Gasteiger partial charge in [-0.25, -0.2) is 0 Å². The summed E-state index contributed by atoms with van der Waals surface area (Å²) in [4.78, 5) is 14.2. The molecule has 0 N–H and O–H groups in total. The largest absolute Gasteiger partial charge is 0.292 e. The van der Waals surface area contributed by atoms with Gasteiger partial charge in [0.25, 0.3) is 0 Å². The lowest BCUT2D eigenvalue weighted by molar-refractivity contribution is 0.102. The van der Waals surface area contributed by atoms with Gasteiger partial charge in [0.05, 0.1) is 10.6 Å². The van der Waals surface area contributed by atoms with E-state index in [1.807, 2.05) is 17.8 Å². The Balaban J connectivity index is 1.72. The van der Waals surface area contributed by atoms with E-state index in [-0.39, 0.29) is 0 Å². The molecule has 2 rings (SSSR count). The van der Waals surface area contributed by atoms with Crippen LogP contribution in [0.2, 0.25) is 0 Å². The zero-order valence-corrected chi connectivity index (χ0v) is 12.0. The van der Waals surface area contributed by atoms with E-state index >= 15 is 0 Å². The summed E-state index contributed by atoms with van der Waals surface area (Å²) in [6.07, 6.45) is 6.57. The number of hydrogen-bond acceptors (Lipinski definition) is 3. The molecule has 0 unspecified atom stereocenters. The Morgan fingerprint density at radius 2 is 2.18 bits per heavy atom. The summed E-state index contributed by atoms with van der Waals surface area (Å²) < 4.78 is 0. The highest BCUT2D eigenvalue weighted by Crippen LogP contribution is 2.28. The van der Waals surface area contributed by atoms with Crippen molar-refractivity contribution in [2.45, 2.75) is 39.0 Å². The Morgan fingerprint density at radius 3 is 2.82 bits per heavy atom. The number of Topliss-reactive ketones (excluding diaryl/α,β-unsaturated/α-hetero) is 1. The Labute approximate surface area is 112 Å². The lowest BCUT2D eigenvalue weighted by atomic mass is 10.1. The van der Waals surface area contributed by atoms with E-state index in [4.69, 9.17) is 0 Å². The van der Waals surface area contributed by atoms with Crippen molar-refractivity contribution in [3.63, 3.8) is 0 Å². The summed E-state index contributed by atoms with van der Waals surface area (Å²) in [5.41, 5.74) is 0. The predicted octanol–water partition coefficient (Wildman–Crippen LogP) is 4.42. The Hall–Kier alpha value is -0.280. The number of rotatable bonds is 6. The van der Waals surface area contributed by atoms with Gasteiger partial charge in [0.15, 0.2) is 5.78 Å². The van der Waals surface area contributed by atoms with Gasteiger partial charge < -0.3 is 0 Å². The minimum Gasteiger partial charge on any atom is -0.292 e. The first-order valence-corrected chi connectivity index (χ1v) is 8.46. The molecule has 0 aliphatic heterocycles. The molecule has 94 valence electrons. The first kappa shape index (κ1) is 13.2. The maximum absolute atomic E-state index is 11.9. The zero-order chi connectivity index (χ0) is 12.1. The number of aryl methyl sites for hydroxylation is 1. The lowest BCUT2D eigenvalue weighted by Gasteiger charge is -2.06. The molecule has 1 fully saturated rings. The van der Waals surface area contributed by atoms with Crippen molar-refractivity contribution in [3.05, 3.63) is 21.9 Å². The third kappa shape index (κ3) is 3.85. The Morgan fingerprint density at radius 1 is 1.41 bits per heavy atom. The van der Waals surface area contributed by atoms with Crippen molar-refractivity contribution in [3.8, 4) is 0 Å². The smallest absolute Gasteiger partial charge is 0.182 e. The molecule has 0 aromatic carbocycles. The normalized spacial score (nSPS) is 16.5. The van der Waals surface area contributed by atoms with Gasteiger partial charge in [-0.2, -0.15) is 11.8 Å². The summed E-state index contributed by atoms with van der Waals surface area (Å²) in [6.45, 7) is 2.13.